The van der Waals surface area contributed by atoms with Crippen molar-refractivity contribution in [3.8, 4) is 0 Å². The first kappa shape index (κ1) is 19.7. The lowest BCUT2D eigenvalue weighted by Gasteiger charge is -2.21. The van der Waals surface area contributed by atoms with E-state index in [-0.39, 0.29) is 11.9 Å². The maximum Gasteiger partial charge on any atom is 0.227 e. The number of thiocarbonyl (C=S) groups is 1. The SMILES string of the molecule is C[C@H](NC(=S)Nc1cccc(N2CCCC2=O)c1)c1ccc(N2CCCC2)cc1. The number of hydrogen-bond acceptors (Lipinski definition) is 3. The summed E-state index contributed by atoms with van der Waals surface area (Å²) in [6, 6.07) is 16.7. The van der Waals surface area contributed by atoms with E-state index in [0.717, 1.165) is 37.4 Å². The molecule has 0 spiro atoms. The van der Waals surface area contributed by atoms with Gasteiger partial charge in [0.1, 0.15) is 0 Å². The fourth-order valence-electron chi connectivity index (χ4n) is 4.07. The molecule has 0 unspecified atom stereocenters. The molecule has 2 aliphatic rings. The number of nitrogens with one attached hydrogen (secondary N) is 2. The molecule has 1 atom stereocenters. The van der Waals surface area contributed by atoms with Gasteiger partial charge in [0.2, 0.25) is 5.91 Å². The fourth-order valence-corrected chi connectivity index (χ4v) is 4.36. The van der Waals surface area contributed by atoms with Crippen LogP contribution in [0, 0.1) is 0 Å². The van der Waals surface area contributed by atoms with Gasteiger partial charge in [-0.1, -0.05) is 18.2 Å². The van der Waals surface area contributed by atoms with E-state index < -0.39 is 0 Å². The van der Waals surface area contributed by atoms with Crippen molar-refractivity contribution >= 4 is 40.3 Å². The Hall–Kier alpha value is -2.60. The molecule has 29 heavy (non-hydrogen) atoms. The largest absolute Gasteiger partial charge is 0.372 e. The van der Waals surface area contributed by atoms with Gasteiger partial charge in [-0.25, -0.2) is 0 Å². The number of rotatable bonds is 5. The fraction of sp³-hybridized carbons (Fsp3) is 0.391. The Labute approximate surface area is 178 Å². The molecule has 152 valence electrons. The Balaban J connectivity index is 1.35. The Bertz CT molecular complexity index is 877. The third-order valence-corrected chi connectivity index (χ3v) is 5.92. The second-order valence-electron chi connectivity index (χ2n) is 7.81. The molecular weight excluding hydrogens is 380 g/mol. The van der Waals surface area contributed by atoms with Crippen LogP contribution in [0.3, 0.4) is 0 Å². The highest BCUT2D eigenvalue weighted by Crippen LogP contribution is 2.25. The third-order valence-electron chi connectivity index (χ3n) is 5.70. The quantitative estimate of drug-likeness (QED) is 0.715. The van der Waals surface area contributed by atoms with E-state index in [2.05, 4.69) is 46.7 Å². The summed E-state index contributed by atoms with van der Waals surface area (Å²) in [4.78, 5) is 16.3. The maximum absolute atomic E-state index is 12.0. The molecule has 6 heteroatoms. The number of anilines is 3. The smallest absolute Gasteiger partial charge is 0.227 e. The summed E-state index contributed by atoms with van der Waals surface area (Å²) >= 11 is 5.52. The molecule has 2 aromatic rings. The normalized spacial score (nSPS) is 17.5. The standard InChI is InChI=1S/C23H28N4OS/c1-17(18-9-11-20(12-10-18)26-13-2-3-14-26)24-23(29)25-19-6-4-7-21(16-19)27-15-5-8-22(27)28/h4,6-7,9-12,16-17H,2-3,5,8,13-15H2,1H3,(H2,24,25,29)/t17-/m0/s1. The highest BCUT2D eigenvalue weighted by atomic mass is 32.1. The molecule has 1 amide bonds. The first-order valence-corrected chi connectivity index (χ1v) is 10.8. The van der Waals surface area contributed by atoms with Crippen molar-refractivity contribution in [1.29, 1.82) is 0 Å². The van der Waals surface area contributed by atoms with E-state index in [0.29, 0.717) is 11.5 Å². The van der Waals surface area contributed by atoms with Crippen molar-refractivity contribution in [2.24, 2.45) is 0 Å². The van der Waals surface area contributed by atoms with Crippen molar-refractivity contribution in [3.05, 3.63) is 54.1 Å². The number of carbonyl (C=O) groups is 1. The van der Waals surface area contributed by atoms with E-state index in [1.54, 1.807) is 0 Å². The molecule has 2 fully saturated rings. The van der Waals surface area contributed by atoms with Crippen LogP contribution in [-0.2, 0) is 4.79 Å². The minimum absolute atomic E-state index is 0.103. The zero-order valence-electron chi connectivity index (χ0n) is 16.9. The summed E-state index contributed by atoms with van der Waals surface area (Å²) in [6.07, 6.45) is 4.12. The van der Waals surface area contributed by atoms with Gasteiger partial charge in [0.15, 0.2) is 5.11 Å². The minimum atomic E-state index is 0.103. The average Bonchev–Trinajstić information content (AvgIpc) is 3.40. The number of hydrogen-bond donors (Lipinski definition) is 2. The van der Waals surface area contributed by atoms with Gasteiger partial charge in [0.25, 0.3) is 0 Å². The van der Waals surface area contributed by atoms with Gasteiger partial charge in [-0.05, 0) is 74.3 Å². The Morgan fingerprint density at radius 3 is 2.45 bits per heavy atom. The number of nitrogens with zero attached hydrogens (tertiary/aromatic N) is 2. The van der Waals surface area contributed by atoms with Gasteiger partial charge >= 0.3 is 0 Å². The van der Waals surface area contributed by atoms with E-state index in [1.165, 1.54) is 24.1 Å². The first-order chi connectivity index (χ1) is 14.1. The zero-order chi connectivity index (χ0) is 20.2. The molecule has 0 aromatic heterocycles. The van der Waals surface area contributed by atoms with Gasteiger partial charge in [-0.15, -0.1) is 0 Å². The average molecular weight is 409 g/mol. The van der Waals surface area contributed by atoms with Crippen LogP contribution in [0.25, 0.3) is 0 Å². The van der Waals surface area contributed by atoms with Crippen LogP contribution < -0.4 is 20.4 Å². The van der Waals surface area contributed by atoms with Crippen LogP contribution in [-0.4, -0.2) is 30.7 Å². The molecule has 0 saturated carbocycles. The van der Waals surface area contributed by atoms with Gasteiger partial charge in [0, 0.05) is 43.1 Å². The molecule has 0 aliphatic carbocycles. The summed E-state index contributed by atoms with van der Waals surface area (Å²) in [7, 11) is 0. The molecule has 4 rings (SSSR count). The summed E-state index contributed by atoms with van der Waals surface area (Å²) in [5.74, 6) is 0.189. The molecule has 0 bridgehead atoms. The summed E-state index contributed by atoms with van der Waals surface area (Å²) in [6.45, 7) is 5.21. The van der Waals surface area contributed by atoms with Gasteiger partial charge in [-0.2, -0.15) is 0 Å². The molecule has 5 nitrogen and oxygen atoms in total. The third kappa shape index (κ3) is 4.70. The molecule has 2 aliphatic heterocycles. The van der Waals surface area contributed by atoms with E-state index >= 15 is 0 Å². The van der Waals surface area contributed by atoms with E-state index in [1.807, 2.05) is 29.2 Å². The summed E-state index contributed by atoms with van der Waals surface area (Å²) < 4.78 is 0. The summed E-state index contributed by atoms with van der Waals surface area (Å²) in [5.41, 5.74) is 4.31. The molecule has 2 saturated heterocycles. The predicted molar refractivity (Wildman–Crippen MR) is 124 cm³/mol. The second-order valence-corrected chi connectivity index (χ2v) is 8.21. The highest BCUT2D eigenvalue weighted by molar-refractivity contribution is 7.80. The Kier molecular flexibility index (Phi) is 6.00. The maximum atomic E-state index is 12.0. The summed E-state index contributed by atoms with van der Waals surface area (Å²) in [5, 5.41) is 7.18. The van der Waals surface area contributed by atoms with E-state index in [9.17, 15) is 4.79 Å². The number of amides is 1. The first-order valence-electron chi connectivity index (χ1n) is 10.4. The number of carbonyl (C=O) groups excluding carboxylic acids is 1. The number of benzene rings is 2. The van der Waals surface area contributed by atoms with Crippen LogP contribution in [0.4, 0.5) is 17.1 Å². The van der Waals surface area contributed by atoms with Gasteiger partial charge in [0.05, 0.1) is 6.04 Å². The van der Waals surface area contributed by atoms with Gasteiger partial charge in [-0.3, -0.25) is 4.79 Å². The van der Waals surface area contributed by atoms with Crippen LogP contribution in [0.15, 0.2) is 48.5 Å². The molecule has 2 aromatic carbocycles. The highest BCUT2D eigenvalue weighted by Gasteiger charge is 2.21. The van der Waals surface area contributed by atoms with Crippen molar-refractivity contribution in [1.82, 2.24) is 5.32 Å². The lowest BCUT2D eigenvalue weighted by Crippen LogP contribution is -2.31. The predicted octanol–water partition coefficient (Wildman–Crippen LogP) is 4.46. The lowest BCUT2D eigenvalue weighted by atomic mass is 10.1. The van der Waals surface area contributed by atoms with Crippen molar-refractivity contribution in [3.63, 3.8) is 0 Å². The monoisotopic (exact) mass is 408 g/mol. The van der Waals surface area contributed by atoms with E-state index in [4.69, 9.17) is 12.2 Å². The molecular formula is C23H28N4OS. The molecule has 2 heterocycles. The van der Waals surface area contributed by atoms with Crippen molar-refractivity contribution in [2.45, 2.75) is 38.6 Å². The second kappa shape index (κ2) is 8.82. The lowest BCUT2D eigenvalue weighted by molar-refractivity contribution is -0.117. The topological polar surface area (TPSA) is 47.6 Å². The van der Waals surface area contributed by atoms with Crippen LogP contribution in [0.1, 0.15) is 44.2 Å². The minimum Gasteiger partial charge on any atom is -0.372 e. The van der Waals surface area contributed by atoms with Gasteiger partial charge < -0.3 is 20.4 Å². The van der Waals surface area contributed by atoms with Crippen LogP contribution in [0.5, 0.6) is 0 Å². The van der Waals surface area contributed by atoms with Crippen molar-refractivity contribution < 1.29 is 4.79 Å². The van der Waals surface area contributed by atoms with Crippen LogP contribution in [0.2, 0.25) is 0 Å². The molecule has 2 N–H and O–H groups in total. The molecule has 0 radical (unpaired) electrons. The Morgan fingerprint density at radius 1 is 1.00 bits per heavy atom. The van der Waals surface area contributed by atoms with Crippen molar-refractivity contribution in [2.75, 3.05) is 34.8 Å². The van der Waals surface area contributed by atoms with Crippen LogP contribution >= 0.6 is 12.2 Å². The Morgan fingerprint density at radius 2 is 1.76 bits per heavy atom. The zero-order valence-corrected chi connectivity index (χ0v) is 17.7.